The summed E-state index contributed by atoms with van der Waals surface area (Å²) >= 11 is 0. The number of nitrogens with zero attached hydrogens (tertiary/aromatic N) is 2. The molecule has 1 heterocycles. The van der Waals surface area contributed by atoms with E-state index in [9.17, 15) is 0 Å². The Kier molecular flexibility index (Phi) is 4.66. The average molecular weight is 263 g/mol. The van der Waals surface area contributed by atoms with Crippen molar-refractivity contribution in [2.45, 2.75) is 25.4 Å². The largest absolute Gasteiger partial charge is 0.495 e. The summed E-state index contributed by atoms with van der Waals surface area (Å²) in [5, 5.41) is 0. The monoisotopic (exact) mass is 263 g/mol. The van der Waals surface area contributed by atoms with Gasteiger partial charge in [0.05, 0.1) is 12.8 Å². The normalized spacial score (nSPS) is 24.5. The van der Waals surface area contributed by atoms with E-state index < -0.39 is 0 Å². The number of rotatable bonds is 4. The molecular formula is C15H25N3O. The highest BCUT2D eigenvalue weighted by atomic mass is 16.5. The van der Waals surface area contributed by atoms with E-state index in [0.717, 1.165) is 31.8 Å². The number of hydrogen-bond donors (Lipinski definition) is 1. The molecule has 106 valence electrons. The number of benzene rings is 1. The highest BCUT2D eigenvalue weighted by Crippen LogP contribution is 2.30. The Morgan fingerprint density at radius 2 is 2.05 bits per heavy atom. The van der Waals surface area contributed by atoms with Crippen LogP contribution in [0.3, 0.4) is 0 Å². The molecule has 1 aromatic carbocycles. The Labute approximate surface area is 116 Å². The second kappa shape index (κ2) is 6.26. The molecule has 19 heavy (non-hydrogen) atoms. The van der Waals surface area contributed by atoms with Gasteiger partial charge in [0, 0.05) is 25.2 Å². The summed E-state index contributed by atoms with van der Waals surface area (Å²) in [6, 6.07) is 9.28. The number of para-hydroxylation sites is 2. The SMILES string of the molecule is COc1ccccc1N1CC(C)N(C)C(CCN)C1. The highest BCUT2D eigenvalue weighted by Gasteiger charge is 2.29. The summed E-state index contributed by atoms with van der Waals surface area (Å²) in [5.41, 5.74) is 6.92. The van der Waals surface area contributed by atoms with Crippen molar-refractivity contribution in [1.82, 2.24) is 4.90 Å². The molecule has 0 aromatic heterocycles. The Hall–Kier alpha value is -1.26. The summed E-state index contributed by atoms with van der Waals surface area (Å²) in [5.74, 6) is 0.950. The van der Waals surface area contributed by atoms with E-state index in [0.29, 0.717) is 12.1 Å². The molecule has 1 fully saturated rings. The van der Waals surface area contributed by atoms with Crippen molar-refractivity contribution in [1.29, 1.82) is 0 Å². The lowest BCUT2D eigenvalue weighted by Gasteiger charge is -2.45. The minimum atomic E-state index is 0.513. The van der Waals surface area contributed by atoms with Crippen LogP contribution in [0.5, 0.6) is 5.75 Å². The zero-order valence-corrected chi connectivity index (χ0v) is 12.2. The van der Waals surface area contributed by atoms with Gasteiger partial charge in [0.2, 0.25) is 0 Å². The second-order valence-electron chi connectivity index (χ2n) is 5.32. The molecule has 1 aromatic rings. The van der Waals surface area contributed by atoms with Crippen molar-refractivity contribution in [2.75, 3.05) is 38.7 Å². The van der Waals surface area contributed by atoms with Crippen molar-refractivity contribution < 1.29 is 4.74 Å². The van der Waals surface area contributed by atoms with Crippen LogP contribution in [-0.2, 0) is 0 Å². The first-order chi connectivity index (χ1) is 9.17. The predicted molar refractivity (Wildman–Crippen MR) is 79.9 cm³/mol. The smallest absolute Gasteiger partial charge is 0.142 e. The van der Waals surface area contributed by atoms with Crippen molar-refractivity contribution in [3.8, 4) is 5.75 Å². The number of nitrogens with two attached hydrogens (primary N) is 1. The number of ether oxygens (including phenoxy) is 1. The molecule has 0 radical (unpaired) electrons. The van der Waals surface area contributed by atoms with E-state index >= 15 is 0 Å². The number of piperazine rings is 1. The molecular weight excluding hydrogens is 238 g/mol. The molecule has 0 spiro atoms. The van der Waals surface area contributed by atoms with Gasteiger partial charge in [-0.3, -0.25) is 4.90 Å². The van der Waals surface area contributed by atoms with Crippen LogP contribution in [0, 0.1) is 0 Å². The Morgan fingerprint density at radius 3 is 2.74 bits per heavy atom. The first kappa shape index (κ1) is 14.2. The van der Waals surface area contributed by atoms with Crippen LogP contribution in [0.25, 0.3) is 0 Å². The number of anilines is 1. The van der Waals surface area contributed by atoms with E-state index in [4.69, 9.17) is 10.5 Å². The molecule has 1 saturated heterocycles. The van der Waals surface area contributed by atoms with Gasteiger partial charge >= 0.3 is 0 Å². The van der Waals surface area contributed by atoms with Crippen molar-refractivity contribution >= 4 is 5.69 Å². The summed E-state index contributed by atoms with van der Waals surface area (Å²) in [6.07, 6.45) is 1.03. The minimum absolute atomic E-state index is 0.513. The van der Waals surface area contributed by atoms with Crippen LogP contribution in [-0.4, -0.2) is 50.8 Å². The van der Waals surface area contributed by atoms with Gasteiger partial charge in [0.1, 0.15) is 5.75 Å². The highest BCUT2D eigenvalue weighted by molar-refractivity contribution is 5.59. The van der Waals surface area contributed by atoms with Gasteiger partial charge in [-0.25, -0.2) is 0 Å². The van der Waals surface area contributed by atoms with Gasteiger partial charge < -0.3 is 15.4 Å². The zero-order chi connectivity index (χ0) is 13.8. The third-order valence-corrected chi connectivity index (χ3v) is 4.11. The van der Waals surface area contributed by atoms with Gasteiger partial charge in [-0.2, -0.15) is 0 Å². The fraction of sp³-hybridized carbons (Fsp3) is 0.600. The maximum absolute atomic E-state index is 5.74. The molecule has 4 heteroatoms. The minimum Gasteiger partial charge on any atom is -0.495 e. The Balaban J connectivity index is 2.20. The fourth-order valence-electron chi connectivity index (χ4n) is 2.84. The Bertz CT molecular complexity index is 410. The van der Waals surface area contributed by atoms with E-state index in [1.54, 1.807) is 7.11 Å². The van der Waals surface area contributed by atoms with Gasteiger partial charge in [-0.05, 0) is 39.1 Å². The van der Waals surface area contributed by atoms with E-state index in [1.165, 1.54) is 5.69 Å². The first-order valence-corrected chi connectivity index (χ1v) is 6.97. The first-order valence-electron chi connectivity index (χ1n) is 6.97. The van der Waals surface area contributed by atoms with Gasteiger partial charge in [-0.15, -0.1) is 0 Å². The quantitative estimate of drug-likeness (QED) is 0.895. The lowest BCUT2D eigenvalue weighted by atomic mass is 10.0. The molecule has 2 rings (SSSR count). The third kappa shape index (κ3) is 3.01. The van der Waals surface area contributed by atoms with Crippen LogP contribution < -0.4 is 15.4 Å². The van der Waals surface area contributed by atoms with Gasteiger partial charge in [0.25, 0.3) is 0 Å². The number of likely N-dealkylation sites (N-methyl/N-ethyl adjacent to an activating group) is 1. The second-order valence-corrected chi connectivity index (χ2v) is 5.32. The molecule has 4 nitrogen and oxygen atoms in total. The topological polar surface area (TPSA) is 41.7 Å². The predicted octanol–water partition coefficient (Wildman–Crippen LogP) is 1.55. The lowest BCUT2D eigenvalue weighted by Crippen LogP contribution is -2.56. The maximum Gasteiger partial charge on any atom is 0.142 e. The van der Waals surface area contributed by atoms with Crippen LogP contribution >= 0.6 is 0 Å². The summed E-state index contributed by atoms with van der Waals surface area (Å²) in [6.45, 7) is 5.04. The molecule has 2 N–H and O–H groups in total. The van der Waals surface area contributed by atoms with Crippen LogP contribution in [0.4, 0.5) is 5.69 Å². The lowest BCUT2D eigenvalue weighted by molar-refractivity contribution is 0.151. The van der Waals surface area contributed by atoms with Gasteiger partial charge in [0.15, 0.2) is 0 Å². The van der Waals surface area contributed by atoms with E-state index in [2.05, 4.69) is 35.9 Å². The molecule has 1 aliphatic rings. The van der Waals surface area contributed by atoms with Crippen molar-refractivity contribution in [2.24, 2.45) is 5.73 Å². The number of hydrogen-bond acceptors (Lipinski definition) is 4. The summed E-state index contributed by atoms with van der Waals surface area (Å²) in [7, 11) is 3.93. The standard InChI is InChI=1S/C15H25N3O/c1-12-10-18(11-13(8-9-16)17(12)2)14-6-4-5-7-15(14)19-3/h4-7,12-13H,8-11,16H2,1-3H3. The molecule has 1 aliphatic heterocycles. The Morgan fingerprint density at radius 1 is 1.32 bits per heavy atom. The zero-order valence-electron chi connectivity index (χ0n) is 12.2. The summed E-state index contributed by atoms with van der Waals surface area (Å²) in [4.78, 5) is 4.86. The summed E-state index contributed by atoms with van der Waals surface area (Å²) < 4.78 is 5.48. The van der Waals surface area contributed by atoms with E-state index in [-0.39, 0.29) is 0 Å². The van der Waals surface area contributed by atoms with Crippen molar-refractivity contribution in [3.05, 3.63) is 24.3 Å². The van der Waals surface area contributed by atoms with Crippen LogP contribution in [0.1, 0.15) is 13.3 Å². The maximum atomic E-state index is 5.74. The average Bonchev–Trinajstić information content (AvgIpc) is 2.43. The van der Waals surface area contributed by atoms with Crippen molar-refractivity contribution in [3.63, 3.8) is 0 Å². The van der Waals surface area contributed by atoms with Gasteiger partial charge in [-0.1, -0.05) is 12.1 Å². The van der Waals surface area contributed by atoms with E-state index in [1.807, 2.05) is 12.1 Å². The third-order valence-electron chi connectivity index (χ3n) is 4.11. The number of methoxy groups -OCH3 is 1. The molecule has 0 saturated carbocycles. The fourth-order valence-corrected chi connectivity index (χ4v) is 2.84. The molecule has 0 amide bonds. The molecule has 2 atom stereocenters. The van der Waals surface area contributed by atoms with Crippen LogP contribution in [0.15, 0.2) is 24.3 Å². The molecule has 0 aliphatic carbocycles. The molecule has 2 unspecified atom stereocenters. The molecule has 0 bridgehead atoms. The van der Waals surface area contributed by atoms with Crippen LogP contribution in [0.2, 0.25) is 0 Å².